The van der Waals surface area contributed by atoms with Crippen molar-refractivity contribution >= 4 is 23.1 Å². The third-order valence-electron chi connectivity index (χ3n) is 0.512. The Morgan fingerprint density at radius 3 is 2.00 bits per heavy atom. The molecule has 0 atom stereocenters. The summed E-state index contributed by atoms with van der Waals surface area (Å²) < 4.78 is 0. The van der Waals surface area contributed by atoms with Gasteiger partial charge < -0.3 is 5.11 Å². The maximum Gasteiger partial charge on any atom is 0.0430 e. The maximum atomic E-state index is 8.07. The van der Waals surface area contributed by atoms with E-state index in [9.17, 15) is 0 Å². The average molecular weight is 98.4 g/mol. The summed E-state index contributed by atoms with van der Waals surface area (Å²) in [5, 5.41) is 8.07. The third kappa shape index (κ3) is 8.83. The summed E-state index contributed by atoms with van der Waals surface area (Å²) in [5.74, 6) is 0. The monoisotopic (exact) mass is 98.1 g/mol. The molecule has 1 nitrogen and oxygen atoms in total. The van der Waals surface area contributed by atoms with Crippen LogP contribution in [-0.2, 0) is 0 Å². The molecule has 0 spiro atoms. The van der Waals surface area contributed by atoms with E-state index in [1.165, 1.54) is 0 Å². The van der Waals surface area contributed by atoms with Crippen LogP contribution in [0.5, 0.6) is 0 Å². The number of aliphatic hydroxyl groups is 1. The van der Waals surface area contributed by atoms with Gasteiger partial charge in [0.05, 0.1) is 0 Å². The fourth-order valence-corrected chi connectivity index (χ4v) is 0.158. The molecule has 34 valence electrons. The normalized spacial score (nSPS) is 7.00. The second-order valence-electron chi connectivity index (χ2n) is 1.08. The molecule has 0 bridgehead atoms. The van der Waals surface area contributed by atoms with Crippen molar-refractivity contribution in [2.45, 2.75) is 19.8 Å². The van der Waals surface area contributed by atoms with Crippen molar-refractivity contribution in [1.82, 2.24) is 0 Å². The SMILES string of the molecule is CCCCO.[Mg]. The van der Waals surface area contributed by atoms with E-state index in [-0.39, 0.29) is 23.1 Å². The highest BCUT2D eigenvalue weighted by atomic mass is 24.3. The summed E-state index contributed by atoms with van der Waals surface area (Å²) in [6.07, 6.45) is 2.04. The third-order valence-corrected chi connectivity index (χ3v) is 0.512. The van der Waals surface area contributed by atoms with Gasteiger partial charge in [0.25, 0.3) is 0 Å². The van der Waals surface area contributed by atoms with Crippen molar-refractivity contribution < 1.29 is 5.11 Å². The summed E-state index contributed by atoms with van der Waals surface area (Å²) in [6, 6.07) is 0. The van der Waals surface area contributed by atoms with E-state index >= 15 is 0 Å². The van der Waals surface area contributed by atoms with Crippen molar-refractivity contribution in [2.75, 3.05) is 6.61 Å². The zero-order valence-electron chi connectivity index (χ0n) is 4.28. The van der Waals surface area contributed by atoms with E-state index in [4.69, 9.17) is 5.11 Å². The molecular formula is C4H10MgO. The van der Waals surface area contributed by atoms with Gasteiger partial charge in [-0.25, -0.2) is 0 Å². The van der Waals surface area contributed by atoms with Gasteiger partial charge >= 0.3 is 0 Å². The minimum atomic E-state index is 0. The number of rotatable bonds is 2. The Labute approximate surface area is 54.9 Å². The lowest BCUT2D eigenvalue weighted by atomic mass is 10.4. The van der Waals surface area contributed by atoms with E-state index in [1.54, 1.807) is 0 Å². The van der Waals surface area contributed by atoms with Crippen LogP contribution in [0.15, 0.2) is 0 Å². The molecule has 2 radical (unpaired) electrons. The first-order valence-corrected chi connectivity index (χ1v) is 2.02. The van der Waals surface area contributed by atoms with Crippen LogP contribution in [0.4, 0.5) is 0 Å². The van der Waals surface area contributed by atoms with Gasteiger partial charge in [-0.1, -0.05) is 13.3 Å². The van der Waals surface area contributed by atoms with E-state index in [0.717, 1.165) is 12.8 Å². The summed E-state index contributed by atoms with van der Waals surface area (Å²) in [7, 11) is 0. The second-order valence-corrected chi connectivity index (χ2v) is 1.08. The summed E-state index contributed by atoms with van der Waals surface area (Å²) in [5.41, 5.74) is 0. The molecule has 0 aromatic rings. The van der Waals surface area contributed by atoms with Crippen molar-refractivity contribution in [2.24, 2.45) is 0 Å². The minimum Gasteiger partial charge on any atom is -0.396 e. The predicted molar refractivity (Wildman–Crippen MR) is 27.7 cm³/mol. The molecule has 0 saturated heterocycles. The van der Waals surface area contributed by atoms with Crippen LogP contribution in [0.25, 0.3) is 0 Å². The molecule has 0 aromatic heterocycles. The van der Waals surface area contributed by atoms with Gasteiger partial charge in [-0.3, -0.25) is 0 Å². The molecule has 0 aliphatic carbocycles. The maximum absolute atomic E-state index is 8.07. The highest BCUT2D eigenvalue weighted by molar-refractivity contribution is 5.75. The summed E-state index contributed by atoms with van der Waals surface area (Å²) in [4.78, 5) is 0. The van der Waals surface area contributed by atoms with Gasteiger partial charge in [-0.05, 0) is 6.42 Å². The quantitative estimate of drug-likeness (QED) is 0.496. The van der Waals surface area contributed by atoms with Crippen LogP contribution in [0.1, 0.15) is 19.8 Å². The van der Waals surface area contributed by atoms with Gasteiger partial charge in [0.15, 0.2) is 0 Å². The molecule has 1 N–H and O–H groups in total. The van der Waals surface area contributed by atoms with Crippen molar-refractivity contribution in [3.8, 4) is 0 Å². The zero-order valence-corrected chi connectivity index (χ0v) is 5.69. The molecule has 0 unspecified atom stereocenters. The number of hydrogen-bond donors (Lipinski definition) is 1. The van der Waals surface area contributed by atoms with Crippen LogP contribution in [-0.4, -0.2) is 34.8 Å². The Morgan fingerprint density at radius 1 is 1.50 bits per heavy atom. The van der Waals surface area contributed by atoms with Crippen molar-refractivity contribution in [3.63, 3.8) is 0 Å². The first kappa shape index (κ1) is 9.87. The van der Waals surface area contributed by atoms with Crippen LogP contribution in [0.2, 0.25) is 0 Å². The predicted octanol–water partition coefficient (Wildman–Crippen LogP) is 0.398. The Bertz CT molecular complexity index is 15.0. The molecule has 0 aliphatic heterocycles. The zero-order chi connectivity index (χ0) is 4.12. The summed E-state index contributed by atoms with van der Waals surface area (Å²) in [6.45, 7) is 2.40. The lowest BCUT2D eigenvalue weighted by Crippen LogP contribution is -1.75. The lowest BCUT2D eigenvalue weighted by molar-refractivity contribution is 0.287. The Hall–Kier alpha value is 0.726. The molecule has 0 heterocycles. The van der Waals surface area contributed by atoms with Crippen molar-refractivity contribution in [3.05, 3.63) is 0 Å². The van der Waals surface area contributed by atoms with E-state index in [2.05, 4.69) is 6.92 Å². The smallest absolute Gasteiger partial charge is 0.0430 e. The molecular weight excluding hydrogens is 88.3 g/mol. The molecule has 0 aliphatic rings. The first-order valence-electron chi connectivity index (χ1n) is 2.02. The van der Waals surface area contributed by atoms with Gasteiger partial charge in [-0.2, -0.15) is 0 Å². The highest BCUT2D eigenvalue weighted by Gasteiger charge is 1.69. The number of unbranched alkanes of at least 4 members (excludes halogenated alkanes) is 1. The fraction of sp³-hybridized carbons (Fsp3) is 1.00. The van der Waals surface area contributed by atoms with Crippen LogP contribution >= 0.6 is 0 Å². The Balaban J connectivity index is 0. The Kier molecular flexibility index (Phi) is 15.2. The molecule has 0 fully saturated rings. The largest absolute Gasteiger partial charge is 0.396 e. The van der Waals surface area contributed by atoms with Crippen molar-refractivity contribution in [1.29, 1.82) is 0 Å². The molecule has 0 saturated carbocycles. The standard InChI is InChI=1S/C4H10O.Mg/c1-2-3-4-5;/h5H,2-4H2,1H3;. The summed E-state index contributed by atoms with van der Waals surface area (Å²) >= 11 is 0. The number of hydrogen-bond acceptors (Lipinski definition) is 1. The fourth-order valence-electron chi connectivity index (χ4n) is 0.158. The Morgan fingerprint density at radius 2 is 2.00 bits per heavy atom. The van der Waals surface area contributed by atoms with Gasteiger partial charge in [0, 0.05) is 29.7 Å². The molecule has 0 rings (SSSR count). The van der Waals surface area contributed by atoms with E-state index in [0.29, 0.717) is 6.61 Å². The topological polar surface area (TPSA) is 20.2 Å². The first-order chi connectivity index (χ1) is 2.41. The highest BCUT2D eigenvalue weighted by Crippen LogP contribution is 1.78. The van der Waals surface area contributed by atoms with E-state index in [1.807, 2.05) is 0 Å². The molecule has 2 heteroatoms. The average Bonchev–Trinajstić information content (AvgIpc) is 1.41. The van der Waals surface area contributed by atoms with Gasteiger partial charge in [0.1, 0.15) is 0 Å². The molecule has 6 heavy (non-hydrogen) atoms. The lowest BCUT2D eigenvalue weighted by Gasteiger charge is -1.79. The van der Waals surface area contributed by atoms with E-state index < -0.39 is 0 Å². The molecule has 0 amide bonds. The minimum absolute atomic E-state index is 0. The second kappa shape index (κ2) is 9.21. The van der Waals surface area contributed by atoms with Gasteiger partial charge in [0.2, 0.25) is 0 Å². The number of aliphatic hydroxyl groups excluding tert-OH is 1. The van der Waals surface area contributed by atoms with Crippen LogP contribution < -0.4 is 0 Å². The van der Waals surface area contributed by atoms with Gasteiger partial charge in [-0.15, -0.1) is 0 Å². The van der Waals surface area contributed by atoms with Crippen LogP contribution in [0.3, 0.4) is 0 Å². The molecule has 0 aromatic carbocycles. The van der Waals surface area contributed by atoms with Crippen LogP contribution in [0, 0.1) is 0 Å².